The Hall–Kier alpha value is -3.44. The average Bonchev–Trinajstić information content (AvgIpc) is 3.37. The van der Waals surface area contributed by atoms with E-state index >= 15 is 0 Å². The molecule has 6 heteroatoms. The van der Waals surface area contributed by atoms with Crippen LogP contribution in [-0.2, 0) is 39.4 Å². The minimum Gasteiger partial charge on any atom is -0.486 e. The van der Waals surface area contributed by atoms with Gasteiger partial charge in [0, 0.05) is 43.6 Å². The second-order valence-corrected chi connectivity index (χ2v) is 18.4. The van der Waals surface area contributed by atoms with Crippen molar-refractivity contribution >= 4 is 35.3 Å². The summed E-state index contributed by atoms with van der Waals surface area (Å²) >= 11 is 0. The number of aryl methyl sites for hydroxylation is 2. The number of aromatic nitrogens is 3. The smallest absolute Gasteiger partial charge is 0.216 e. The van der Waals surface area contributed by atoms with Gasteiger partial charge in [-0.25, -0.2) is 4.98 Å². The molecule has 0 saturated heterocycles. The van der Waals surface area contributed by atoms with Gasteiger partial charge in [-0.05, 0) is 79.7 Å². The van der Waals surface area contributed by atoms with Gasteiger partial charge in [-0.1, -0.05) is 61.6 Å². The first-order chi connectivity index (χ1) is 21.2. The molecule has 0 N–H and O–H groups in total. The molecule has 2 aromatic carbocycles. The molecule has 0 aliphatic heterocycles. The molecule has 6 aromatic rings. The number of rotatable bonds is 5. The maximum Gasteiger partial charge on any atom is 0.216 e. The van der Waals surface area contributed by atoms with E-state index in [2.05, 4.69) is 97.1 Å². The minimum atomic E-state index is -1.34. The molecule has 0 unspecified atom stereocenters. The van der Waals surface area contributed by atoms with E-state index in [4.69, 9.17) is 4.42 Å². The van der Waals surface area contributed by atoms with Crippen LogP contribution < -0.4 is 5.19 Å². The number of fused-ring (bicyclic) bond motifs is 4. The van der Waals surface area contributed by atoms with E-state index in [9.17, 15) is 0 Å². The summed E-state index contributed by atoms with van der Waals surface area (Å²) in [6.45, 7) is 13.7. The van der Waals surface area contributed by atoms with Crippen molar-refractivity contribution in [3.8, 4) is 22.5 Å². The van der Waals surface area contributed by atoms with Gasteiger partial charge in [-0.3, -0.25) is 0 Å². The standard InChI is InChI=1S/C21H17N2O.C18H24NSi.Ir/c1-13-6-8-17-18-12-15(7-9-19(18)24-21(17)23-13)20-16-5-3-2-4-14(16)10-11-22-20;1-14(2)11-16-12-17(15-9-7-6-8-10-15)19-13-18(16)20(3,4)5;/h6,8-12H,2-5H2,1H3;6-9,12-14H,11H2,1-5H3;/q2*-1;. The summed E-state index contributed by atoms with van der Waals surface area (Å²) in [4.78, 5) is 13.8. The predicted octanol–water partition coefficient (Wildman–Crippen LogP) is 9.32. The number of benzene rings is 2. The van der Waals surface area contributed by atoms with Crippen molar-refractivity contribution in [3.05, 3.63) is 108 Å². The Kier molecular flexibility index (Phi) is 10.2. The summed E-state index contributed by atoms with van der Waals surface area (Å²) < 4.78 is 5.87. The first kappa shape index (κ1) is 32.9. The molecule has 0 bridgehead atoms. The molecule has 1 radical (unpaired) electrons. The van der Waals surface area contributed by atoms with Crippen molar-refractivity contribution in [1.29, 1.82) is 0 Å². The zero-order valence-corrected chi connectivity index (χ0v) is 30.5. The monoisotopic (exact) mass is 788 g/mol. The van der Waals surface area contributed by atoms with Crippen molar-refractivity contribution in [1.82, 2.24) is 15.0 Å². The molecule has 0 amide bonds. The first-order valence-corrected chi connectivity index (χ1v) is 19.3. The molecular formula is C39H41IrN3OSi-2. The van der Waals surface area contributed by atoms with Gasteiger partial charge in [0.2, 0.25) is 5.71 Å². The number of pyridine rings is 3. The van der Waals surface area contributed by atoms with Crippen LogP contribution in [0, 0.1) is 25.0 Å². The third-order valence-corrected chi connectivity index (χ3v) is 10.4. The second kappa shape index (κ2) is 13.9. The van der Waals surface area contributed by atoms with Gasteiger partial charge in [0.25, 0.3) is 0 Å². The van der Waals surface area contributed by atoms with Crippen molar-refractivity contribution in [2.75, 3.05) is 0 Å². The van der Waals surface area contributed by atoms with Gasteiger partial charge in [-0.2, -0.15) is 0 Å². The molecule has 0 spiro atoms. The third-order valence-electron chi connectivity index (χ3n) is 8.35. The third kappa shape index (κ3) is 7.35. The maximum atomic E-state index is 5.87. The van der Waals surface area contributed by atoms with Crippen LogP contribution in [0.1, 0.15) is 49.1 Å². The topological polar surface area (TPSA) is 51.8 Å². The summed E-state index contributed by atoms with van der Waals surface area (Å²) in [7, 11) is -1.34. The van der Waals surface area contributed by atoms with Gasteiger partial charge >= 0.3 is 0 Å². The van der Waals surface area contributed by atoms with Crippen LogP contribution in [0.25, 0.3) is 44.6 Å². The largest absolute Gasteiger partial charge is 0.486 e. The number of hydrogen-bond donors (Lipinski definition) is 0. The first-order valence-electron chi connectivity index (χ1n) is 15.8. The molecule has 0 saturated carbocycles. The molecule has 45 heavy (non-hydrogen) atoms. The Morgan fingerprint density at radius 3 is 2.49 bits per heavy atom. The molecular weight excluding hydrogens is 747 g/mol. The quantitative estimate of drug-likeness (QED) is 0.129. The van der Waals surface area contributed by atoms with Crippen molar-refractivity contribution in [2.24, 2.45) is 5.92 Å². The Morgan fingerprint density at radius 1 is 0.911 bits per heavy atom. The Balaban J connectivity index is 0.000000177. The molecule has 233 valence electrons. The minimum absolute atomic E-state index is 0. The normalized spacial score (nSPS) is 12.9. The fraction of sp³-hybridized carbons (Fsp3) is 0.308. The van der Waals surface area contributed by atoms with Crippen LogP contribution in [0.4, 0.5) is 0 Å². The Labute approximate surface area is 282 Å². The van der Waals surface area contributed by atoms with E-state index in [1.807, 2.05) is 43.5 Å². The van der Waals surface area contributed by atoms with Crippen molar-refractivity contribution in [2.45, 2.75) is 72.5 Å². The molecule has 4 heterocycles. The summed E-state index contributed by atoms with van der Waals surface area (Å²) in [6.07, 6.45) is 9.95. The molecule has 4 nitrogen and oxygen atoms in total. The van der Waals surface area contributed by atoms with Gasteiger partial charge < -0.3 is 14.4 Å². The molecule has 0 atom stereocenters. The van der Waals surface area contributed by atoms with Crippen LogP contribution in [0.5, 0.6) is 0 Å². The number of nitrogens with zero attached hydrogens (tertiary/aromatic N) is 3. The fourth-order valence-electron chi connectivity index (χ4n) is 6.21. The van der Waals surface area contributed by atoms with Crippen LogP contribution in [0.3, 0.4) is 0 Å². The van der Waals surface area contributed by atoms with E-state index in [0.717, 1.165) is 63.8 Å². The zero-order valence-electron chi connectivity index (χ0n) is 27.1. The summed E-state index contributed by atoms with van der Waals surface area (Å²) in [5.74, 6) is 0.667. The van der Waals surface area contributed by atoms with E-state index in [0.29, 0.717) is 11.6 Å². The zero-order chi connectivity index (χ0) is 30.8. The molecule has 1 aliphatic rings. The Morgan fingerprint density at radius 2 is 1.73 bits per heavy atom. The van der Waals surface area contributed by atoms with Crippen LogP contribution in [0.15, 0.2) is 77.5 Å². The van der Waals surface area contributed by atoms with Crippen molar-refractivity contribution < 1.29 is 24.5 Å². The van der Waals surface area contributed by atoms with Gasteiger partial charge in [0.15, 0.2) is 0 Å². The molecule has 0 fully saturated rings. The van der Waals surface area contributed by atoms with Crippen molar-refractivity contribution in [3.63, 3.8) is 0 Å². The summed E-state index contributed by atoms with van der Waals surface area (Å²) in [5, 5.41) is 3.63. The van der Waals surface area contributed by atoms with Crippen LogP contribution in [-0.4, -0.2) is 23.0 Å². The fourth-order valence-corrected chi connectivity index (χ4v) is 7.79. The maximum absolute atomic E-state index is 5.87. The molecule has 4 aromatic heterocycles. The van der Waals surface area contributed by atoms with E-state index in [1.165, 1.54) is 34.7 Å². The van der Waals surface area contributed by atoms with E-state index < -0.39 is 8.07 Å². The molecule has 7 rings (SSSR count). The second-order valence-electron chi connectivity index (χ2n) is 13.4. The number of furan rings is 1. The van der Waals surface area contributed by atoms with E-state index in [-0.39, 0.29) is 20.1 Å². The summed E-state index contributed by atoms with van der Waals surface area (Å²) in [5.41, 5.74) is 11.0. The summed E-state index contributed by atoms with van der Waals surface area (Å²) in [6, 6.07) is 27.3. The van der Waals surface area contributed by atoms with Crippen LogP contribution in [0.2, 0.25) is 19.6 Å². The van der Waals surface area contributed by atoms with Crippen LogP contribution >= 0.6 is 0 Å². The average molecular weight is 788 g/mol. The number of hydrogen-bond acceptors (Lipinski definition) is 4. The van der Waals surface area contributed by atoms with Gasteiger partial charge in [0.1, 0.15) is 0 Å². The van der Waals surface area contributed by atoms with Gasteiger partial charge in [-0.15, -0.1) is 59.7 Å². The van der Waals surface area contributed by atoms with E-state index in [1.54, 1.807) is 0 Å². The SMILES string of the molecule is CC(C)Cc1cc(-c2[c-]cccc2)ncc1[Si](C)(C)C.Cc1ccc2c(n1)oc1c[c-]c(-c3nccc4c3CCCC4)cc12.[Ir]. The molecule has 1 aliphatic carbocycles. The van der Waals surface area contributed by atoms with Gasteiger partial charge in [0.05, 0.1) is 13.7 Å². The predicted molar refractivity (Wildman–Crippen MR) is 185 cm³/mol. The Bertz CT molecular complexity index is 1930.